The van der Waals surface area contributed by atoms with Crippen LogP contribution in [0.1, 0.15) is 51.7 Å². The van der Waals surface area contributed by atoms with Crippen molar-refractivity contribution in [2.75, 3.05) is 0 Å². The summed E-state index contributed by atoms with van der Waals surface area (Å²) in [5.41, 5.74) is 0.309. The summed E-state index contributed by atoms with van der Waals surface area (Å²) in [4.78, 5) is 0. The number of benzene rings is 2. The van der Waals surface area contributed by atoms with Crippen molar-refractivity contribution >= 4 is 10.8 Å². The van der Waals surface area contributed by atoms with Gasteiger partial charge in [-0.15, -0.1) is 0 Å². The normalized spacial score (nSPS) is 47.3. The molecule has 9 atom stereocenters. The van der Waals surface area contributed by atoms with E-state index in [1.807, 2.05) is 31.2 Å². The van der Waals surface area contributed by atoms with E-state index >= 15 is 0 Å². The summed E-state index contributed by atoms with van der Waals surface area (Å²) < 4.78 is 19.7. The molecule has 1 aliphatic carbocycles. The zero-order valence-electron chi connectivity index (χ0n) is 17.7. The molecule has 5 heteroatoms. The summed E-state index contributed by atoms with van der Waals surface area (Å²) in [6.45, 7) is 6.32. The molecule has 3 heterocycles. The van der Waals surface area contributed by atoms with Crippen molar-refractivity contribution in [2.45, 2.75) is 69.9 Å². The molecule has 2 N–H and O–H groups in total. The van der Waals surface area contributed by atoms with Crippen molar-refractivity contribution in [3.63, 3.8) is 0 Å². The quantitative estimate of drug-likeness (QED) is 0.724. The van der Waals surface area contributed by atoms with Crippen LogP contribution in [0, 0.1) is 23.7 Å². The number of aliphatic hydroxyl groups excluding tert-OH is 1. The highest BCUT2D eigenvalue weighted by atomic mass is 16.8. The first-order valence-corrected chi connectivity index (χ1v) is 11.3. The largest absolute Gasteiger partial charge is 0.508 e. The first-order valence-electron chi connectivity index (χ1n) is 11.3. The summed E-state index contributed by atoms with van der Waals surface area (Å²) >= 11 is 0. The molecule has 4 fully saturated rings. The van der Waals surface area contributed by atoms with Gasteiger partial charge in [-0.05, 0) is 66.7 Å². The van der Waals surface area contributed by atoms with E-state index in [0.717, 1.165) is 29.2 Å². The second kappa shape index (κ2) is 6.19. The Morgan fingerprint density at radius 3 is 2.67 bits per heavy atom. The van der Waals surface area contributed by atoms with Crippen LogP contribution in [0.15, 0.2) is 36.4 Å². The van der Waals surface area contributed by atoms with Crippen molar-refractivity contribution < 1.29 is 24.4 Å². The molecule has 2 aromatic carbocycles. The molecule has 4 aliphatic rings. The molecule has 3 saturated heterocycles. The number of fused-ring (bicyclic) bond motifs is 2. The van der Waals surface area contributed by atoms with Crippen molar-refractivity contribution in [3.8, 4) is 5.75 Å². The smallest absolute Gasteiger partial charge is 0.195 e. The second-order valence-corrected chi connectivity index (χ2v) is 10.1. The third kappa shape index (κ3) is 2.27. The molecule has 1 saturated carbocycles. The Balaban J connectivity index is 1.50. The first-order chi connectivity index (χ1) is 14.3. The van der Waals surface area contributed by atoms with Crippen molar-refractivity contribution in [1.29, 1.82) is 0 Å². The number of phenolic OH excluding ortho intramolecular Hbond substituents is 1. The fraction of sp³-hybridized carbons (Fsp3) is 0.600. The second-order valence-electron chi connectivity index (χ2n) is 10.1. The lowest BCUT2D eigenvalue weighted by Crippen LogP contribution is -2.66. The van der Waals surface area contributed by atoms with Gasteiger partial charge in [0.2, 0.25) is 0 Å². The van der Waals surface area contributed by atoms with Gasteiger partial charge >= 0.3 is 0 Å². The zero-order chi connectivity index (χ0) is 20.8. The predicted molar refractivity (Wildman–Crippen MR) is 112 cm³/mol. The molecule has 0 amide bonds. The van der Waals surface area contributed by atoms with Crippen LogP contribution in [0.5, 0.6) is 5.75 Å². The van der Waals surface area contributed by atoms with Crippen LogP contribution in [-0.4, -0.2) is 34.0 Å². The Morgan fingerprint density at radius 2 is 1.83 bits per heavy atom. The summed E-state index contributed by atoms with van der Waals surface area (Å²) in [6.07, 6.45) is 1.32. The Bertz CT molecular complexity index is 1010. The molecule has 3 aliphatic heterocycles. The van der Waals surface area contributed by atoms with E-state index < -0.39 is 23.8 Å². The van der Waals surface area contributed by atoms with Gasteiger partial charge in [-0.2, -0.15) is 0 Å². The highest BCUT2D eigenvalue weighted by Gasteiger charge is 2.73. The molecular formula is C25H30O5. The summed E-state index contributed by atoms with van der Waals surface area (Å²) in [5, 5.41) is 23.8. The van der Waals surface area contributed by atoms with Gasteiger partial charge in [0.15, 0.2) is 12.1 Å². The highest BCUT2D eigenvalue weighted by Crippen LogP contribution is 2.65. The number of hydrogen-bond acceptors (Lipinski definition) is 5. The molecule has 0 aromatic heterocycles. The number of hydrogen-bond donors (Lipinski definition) is 2. The van der Waals surface area contributed by atoms with Gasteiger partial charge < -0.3 is 24.4 Å². The van der Waals surface area contributed by atoms with Crippen LogP contribution in [0.2, 0.25) is 0 Å². The molecule has 0 unspecified atom stereocenters. The van der Waals surface area contributed by atoms with Gasteiger partial charge in [0.25, 0.3) is 0 Å². The average Bonchev–Trinajstić information content (AvgIpc) is 2.99. The SMILES string of the molecule is C[C@@H]1[C@@H](c2c(O)ccc3ccccc23)O[C@@H]2O[C@]3(C)O[C@]24[C@H]1CC[C@@H](C)[C@@H]4C[C@H]3O. The maximum Gasteiger partial charge on any atom is 0.195 e. The lowest BCUT2D eigenvalue weighted by atomic mass is 9.56. The molecule has 6 rings (SSSR count). The van der Waals surface area contributed by atoms with Gasteiger partial charge in [0, 0.05) is 5.56 Å². The van der Waals surface area contributed by atoms with Gasteiger partial charge in [-0.3, -0.25) is 0 Å². The lowest BCUT2D eigenvalue weighted by Gasteiger charge is -2.59. The molecule has 2 bridgehead atoms. The minimum atomic E-state index is -1.04. The molecule has 30 heavy (non-hydrogen) atoms. The van der Waals surface area contributed by atoms with Crippen LogP contribution in [0.4, 0.5) is 0 Å². The van der Waals surface area contributed by atoms with Crippen LogP contribution in [0.3, 0.4) is 0 Å². The number of aromatic hydroxyl groups is 1. The maximum absolute atomic E-state index is 10.9. The fourth-order valence-electron chi connectivity index (χ4n) is 7.03. The summed E-state index contributed by atoms with van der Waals surface area (Å²) in [7, 11) is 0. The number of aliphatic hydroxyl groups is 1. The number of phenols is 1. The molecule has 160 valence electrons. The number of rotatable bonds is 1. The van der Waals surface area contributed by atoms with E-state index in [1.165, 1.54) is 0 Å². The van der Waals surface area contributed by atoms with Gasteiger partial charge in [0.1, 0.15) is 17.5 Å². The Labute approximate surface area is 176 Å². The minimum Gasteiger partial charge on any atom is -0.508 e. The van der Waals surface area contributed by atoms with E-state index in [-0.39, 0.29) is 29.6 Å². The standard InChI is InChI=1S/C25H30O5/c1-13-8-10-17-14(2)22(21-16-7-5-4-6-15(16)9-11-19(21)26)28-23-25(17)18(13)12-20(27)24(3,29-23)30-25/h4-7,9,11,13-14,17-18,20,22-23,26-27H,8,10,12H2,1-3H3/t13-,14+,17+,18+,20-,22+,23-,24-,25+/m1/s1. The van der Waals surface area contributed by atoms with E-state index in [1.54, 1.807) is 6.07 Å². The summed E-state index contributed by atoms with van der Waals surface area (Å²) in [6, 6.07) is 11.8. The summed E-state index contributed by atoms with van der Waals surface area (Å²) in [5.74, 6) is 0.269. The van der Waals surface area contributed by atoms with Crippen LogP contribution >= 0.6 is 0 Å². The average molecular weight is 411 g/mol. The van der Waals surface area contributed by atoms with E-state index in [9.17, 15) is 10.2 Å². The third-order valence-corrected chi connectivity index (χ3v) is 8.56. The maximum atomic E-state index is 10.9. The molecule has 0 radical (unpaired) electrons. The number of ether oxygens (including phenoxy) is 3. The van der Waals surface area contributed by atoms with E-state index in [2.05, 4.69) is 19.9 Å². The molecule has 5 nitrogen and oxygen atoms in total. The Morgan fingerprint density at radius 1 is 1.03 bits per heavy atom. The van der Waals surface area contributed by atoms with Crippen molar-refractivity contribution in [3.05, 3.63) is 42.0 Å². The zero-order valence-corrected chi connectivity index (χ0v) is 17.7. The third-order valence-electron chi connectivity index (χ3n) is 8.56. The Hall–Kier alpha value is -1.66. The molecular weight excluding hydrogens is 380 g/mol. The van der Waals surface area contributed by atoms with E-state index in [4.69, 9.17) is 14.2 Å². The van der Waals surface area contributed by atoms with Crippen molar-refractivity contribution in [1.82, 2.24) is 0 Å². The van der Waals surface area contributed by atoms with Crippen molar-refractivity contribution in [2.24, 2.45) is 23.7 Å². The van der Waals surface area contributed by atoms with Gasteiger partial charge in [0.05, 0.1) is 6.10 Å². The Kier molecular flexibility index (Phi) is 3.93. The fourth-order valence-corrected chi connectivity index (χ4v) is 7.03. The van der Waals surface area contributed by atoms with Crippen LogP contribution in [-0.2, 0) is 14.2 Å². The topological polar surface area (TPSA) is 68.2 Å². The monoisotopic (exact) mass is 410 g/mol. The van der Waals surface area contributed by atoms with Crippen LogP contribution < -0.4 is 0 Å². The van der Waals surface area contributed by atoms with E-state index in [0.29, 0.717) is 12.3 Å². The molecule has 2 aromatic rings. The molecule has 1 spiro atoms. The first kappa shape index (κ1) is 19.1. The lowest BCUT2D eigenvalue weighted by molar-refractivity contribution is -0.305. The minimum absolute atomic E-state index is 0.147. The van der Waals surface area contributed by atoms with Gasteiger partial charge in [-0.25, -0.2) is 0 Å². The van der Waals surface area contributed by atoms with Gasteiger partial charge in [-0.1, -0.05) is 44.2 Å². The predicted octanol–water partition coefficient (Wildman–Crippen LogP) is 4.51. The highest BCUT2D eigenvalue weighted by molar-refractivity contribution is 5.88. The van der Waals surface area contributed by atoms with Crippen LogP contribution in [0.25, 0.3) is 10.8 Å².